The van der Waals surface area contributed by atoms with E-state index in [9.17, 15) is 10.1 Å². The van der Waals surface area contributed by atoms with E-state index in [-0.39, 0.29) is 12.4 Å². The fourth-order valence-corrected chi connectivity index (χ4v) is 5.63. The summed E-state index contributed by atoms with van der Waals surface area (Å²) < 4.78 is 5.08. The predicted molar refractivity (Wildman–Crippen MR) is 124 cm³/mol. The van der Waals surface area contributed by atoms with Gasteiger partial charge in [-0.05, 0) is 32.4 Å². The largest absolute Gasteiger partial charge is 0.466 e. The highest BCUT2D eigenvalue weighted by Gasteiger charge is 2.28. The van der Waals surface area contributed by atoms with Gasteiger partial charge in [0.05, 0.1) is 12.7 Å². The Hall–Kier alpha value is -0.250. The number of hydrogen-bond donors (Lipinski definition) is 0. The summed E-state index contributed by atoms with van der Waals surface area (Å²) in [5.74, 6) is 0.769. The first-order chi connectivity index (χ1) is 13.0. The van der Waals surface area contributed by atoms with Crippen LogP contribution in [-0.4, -0.2) is 26.6 Å². The third-order valence-corrected chi connectivity index (χ3v) is 7.22. The lowest BCUT2D eigenvalue weighted by Crippen LogP contribution is -2.21. The van der Waals surface area contributed by atoms with Crippen molar-refractivity contribution in [2.75, 3.05) is 12.4 Å². The lowest BCUT2D eigenvalue weighted by molar-refractivity contribution is -0.143. The molecule has 1 atom stereocenters. The third kappa shape index (κ3) is 16.4. The number of thiocarbonyl (C=S) groups is 1. The van der Waals surface area contributed by atoms with E-state index in [0.29, 0.717) is 13.0 Å². The molecule has 0 rings (SSSR count). The van der Waals surface area contributed by atoms with E-state index in [4.69, 9.17) is 17.0 Å². The second kappa shape index (κ2) is 17.8. The summed E-state index contributed by atoms with van der Waals surface area (Å²) in [5, 5.41) is 9.45. The van der Waals surface area contributed by atoms with E-state index in [0.717, 1.165) is 9.28 Å². The first kappa shape index (κ1) is 26.8. The van der Waals surface area contributed by atoms with E-state index in [1.54, 1.807) is 18.7 Å². The van der Waals surface area contributed by atoms with Gasteiger partial charge in [0.15, 0.2) is 0 Å². The zero-order valence-corrected chi connectivity index (χ0v) is 19.8. The maximum absolute atomic E-state index is 11.5. The predicted octanol–water partition coefficient (Wildman–Crippen LogP) is 7.28. The minimum absolute atomic E-state index is 0.247. The number of unbranched alkanes of at least 4 members (excludes halogenated alkanes) is 9. The molecule has 0 fully saturated rings. The Balaban J connectivity index is 3.73. The van der Waals surface area contributed by atoms with Crippen LogP contribution in [0.3, 0.4) is 0 Å². The number of esters is 1. The first-order valence-electron chi connectivity index (χ1n) is 10.4. The van der Waals surface area contributed by atoms with Gasteiger partial charge in [-0.25, -0.2) is 0 Å². The van der Waals surface area contributed by atoms with Crippen molar-refractivity contribution < 1.29 is 9.53 Å². The van der Waals surface area contributed by atoms with Crippen LogP contribution in [0.1, 0.15) is 97.8 Å². The topological polar surface area (TPSA) is 50.1 Å². The Morgan fingerprint density at radius 2 is 1.59 bits per heavy atom. The summed E-state index contributed by atoms with van der Waals surface area (Å²) >= 11 is 8.51. The van der Waals surface area contributed by atoms with Crippen molar-refractivity contribution >= 4 is 45.2 Å². The van der Waals surface area contributed by atoms with Gasteiger partial charge in [-0.3, -0.25) is 4.79 Å². The molecule has 0 amide bonds. The van der Waals surface area contributed by atoms with Gasteiger partial charge in [-0.1, -0.05) is 88.7 Å². The average Bonchev–Trinajstić information content (AvgIpc) is 2.65. The Morgan fingerprint density at radius 1 is 1.04 bits per heavy atom. The SMILES string of the molecule is CCCCCCCCCCCCSC(=S)SC(C)(C#N)CCC(=O)OCC. The molecular formula is C21H37NO2S3. The van der Waals surface area contributed by atoms with Crippen LogP contribution in [0.25, 0.3) is 0 Å². The molecule has 0 aromatic carbocycles. The standard InChI is InChI=1S/C21H37NO2S3/c1-4-6-7-8-9-10-11-12-13-14-17-26-20(25)27-21(3,18-22)16-15-19(23)24-5-2/h4-17H2,1-3H3. The molecule has 0 radical (unpaired) electrons. The van der Waals surface area contributed by atoms with Gasteiger partial charge in [-0.15, -0.1) is 11.8 Å². The molecular weight excluding hydrogens is 394 g/mol. The zero-order valence-electron chi connectivity index (χ0n) is 17.4. The lowest BCUT2D eigenvalue weighted by Gasteiger charge is -2.20. The van der Waals surface area contributed by atoms with Crippen molar-refractivity contribution in [3.63, 3.8) is 0 Å². The molecule has 1 unspecified atom stereocenters. The molecule has 0 bridgehead atoms. The third-order valence-electron chi connectivity index (χ3n) is 4.37. The number of nitrogens with zero attached hydrogens (tertiary/aromatic N) is 1. The van der Waals surface area contributed by atoms with Crippen molar-refractivity contribution in [1.82, 2.24) is 0 Å². The van der Waals surface area contributed by atoms with Crippen LogP contribution < -0.4 is 0 Å². The second-order valence-corrected chi connectivity index (χ2v) is 10.8. The molecule has 0 spiro atoms. The van der Waals surface area contributed by atoms with Gasteiger partial charge in [-0.2, -0.15) is 5.26 Å². The van der Waals surface area contributed by atoms with Crippen molar-refractivity contribution in [2.24, 2.45) is 0 Å². The molecule has 0 saturated heterocycles. The van der Waals surface area contributed by atoms with Gasteiger partial charge in [0.25, 0.3) is 0 Å². The molecule has 0 N–H and O–H groups in total. The highest BCUT2D eigenvalue weighted by atomic mass is 32.2. The van der Waals surface area contributed by atoms with Crippen LogP contribution in [0.4, 0.5) is 0 Å². The molecule has 156 valence electrons. The number of ether oxygens (including phenoxy) is 1. The van der Waals surface area contributed by atoms with Gasteiger partial charge in [0.2, 0.25) is 0 Å². The molecule has 6 heteroatoms. The fourth-order valence-electron chi connectivity index (χ4n) is 2.66. The summed E-state index contributed by atoms with van der Waals surface area (Å²) in [6.07, 6.45) is 14.0. The van der Waals surface area contributed by atoms with E-state index < -0.39 is 4.75 Å². The van der Waals surface area contributed by atoms with Crippen molar-refractivity contribution in [3.05, 3.63) is 0 Å². The molecule has 0 aliphatic rings. The van der Waals surface area contributed by atoms with Crippen molar-refractivity contribution in [2.45, 2.75) is 103 Å². The zero-order chi connectivity index (χ0) is 20.4. The van der Waals surface area contributed by atoms with Crippen LogP contribution >= 0.6 is 35.7 Å². The molecule has 0 aromatic heterocycles. The quantitative estimate of drug-likeness (QED) is 0.145. The highest BCUT2D eigenvalue weighted by molar-refractivity contribution is 8.47. The van der Waals surface area contributed by atoms with Gasteiger partial charge in [0.1, 0.15) is 8.28 Å². The van der Waals surface area contributed by atoms with E-state index >= 15 is 0 Å². The van der Waals surface area contributed by atoms with Crippen LogP contribution in [0.15, 0.2) is 0 Å². The second-order valence-electron chi connectivity index (χ2n) is 7.03. The number of nitriles is 1. The highest BCUT2D eigenvalue weighted by Crippen LogP contribution is 2.34. The van der Waals surface area contributed by atoms with E-state index in [2.05, 4.69) is 13.0 Å². The van der Waals surface area contributed by atoms with E-state index in [1.807, 2.05) is 6.92 Å². The fraction of sp³-hybridized carbons (Fsp3) is 0.857. The molecule has 0 aliphatic carbocycles. The lowest BCUT2D eigenvalue weighted by atomic mass is 10.1. The normalized spacial score (nSPS) is 13.0. The van der Waals surface area contributed by atoms with Crippen molar-refractivity contribution in [1.29, 1.82) is 5.26 Å². The number of rotatable bonds is 16. The van der Waals surface area contributed by atoms with Crippen LogP contribution in [0.2, 0.25) is 0 Å². The maximum atomic E-state index is 11.5. The Morgan fingerprint density at radius 3 is 2.11 bits per heavy atom. The summed E-state index contributed by atoms with van der Waals surface area (Å²) in [7, 11) is 0. The average molecular weight is 432 g/mol. The summed E-state index contributed by atoms with van der Waals surface area (Å²) in [6, 6.07) is 2.30. The number of carbonyl (C=O) groups is 1. The van der Waals surface area contributed by atoms with E-state index in [1.165, 1.54) is 76.0 Å². The minimum Gasteiger partial charge on any atom is -0.466 e. The molecule has 0 saturated carbocycles. The molecule has 0 heterocycles. The van der Waals surface area contributed by atoms with Gasteiger partial charge < -0.3 is 4.74 Å². The monoisotopic (exact) mass is 431 g/mol. The Labute approximate surface area is 180 Å². The van der Waals surface area contributed by atoms with Crippen molar-refractivity contribution in [3.8, 4) is 6.07 Å². The number of carbonyl (C=O) groups excluding carboxylic acids is 1. The molecule has 0 aliphatic heterocycles. The summed E-state index contributed by atoms with van der Waals surface area (Å²) in [4.78, 5) is 11.5. The van der Waals surface area contributed by atoms with Gasteiger partial charge in [0, 0.05) is 6.42 Å². The van der Waals surface area contributed by atoms with Crippen LogP contribution in [0.5, 0.6) is 0 Å². The maximum Gasteiger partial charge on any atom is 0.305 e. The Kier molecular flexibility index (Phi) is 17.7. The molecule has 3 nitrogen and oxygen atoms in total. The minimum atomic E-state index is -0.658. The molecule has 0 aromatic rings. The number of hydrogen-bond acceptors (Lipinski definition) is 6. The van der Waals surface area contributed by atoms with Crippen LogP contribution in [-0.2, 0) is 9.53 Å². The van der Waals surface area contributed by atoms with Gasteiger partial charge >= 0.3 is 5.97 Å². The smallest absolute Gasteiger partial charge is 0.305 e. The molecule has 27 heavy (non-hydrogen) atoms. The number of thioether (sulfide) groups is 2. The summed E-state index contributed by atoms with van der Waals surface area (Å²) in [5.41, 5.74) is 0. The van der Waals surface area contributed by atoms with Crippen LogP contribution in [0, 0.1) is 11.3 Å². The first-order valence-corrected chi connectivity index (χ1v) is 12.6. The summed E-state index contributed by atoms with van der Waals surface area (Å²) in [6.45, 7) is 6.27. The Bertz CT molecular complexity index is 451.